The van der Waals surface area contributed by atoms with E-state index in [1.807, 2.05) is 13.1 Å². The molecule has 0 saturated heterocycles. The number of ether oxygens (including phenoxy) is 1. The molecule has 4 nitrogen and oxygen atoms in total. The number of hydrogen-bond acceptors (Lipinski definition) is 3. The van der Waals surface area contributed by atoms with Gasteiger partial charge >= 0.3 is 5.97 Å². The summed E-state index contributed by atoms with van der Waals surface area (Å²) in [4.78, 5) is 13.0. The fourth-order valence-corrected chi connectivity index (χ4v) is 2.52. The third-order valence-electron chi connectivity index (χ3n) is 4.19. The SMILES string of the molecule is COc1cc(C)c(C)cc1N(C)C1CC(C(=O)O)C1. The Hall–Kier alpha value is -1.71. The third kappa shape index (κ3) is 2.53. The van der Waals surface area contributed by atoms with Crippen LogP contribution in [-0.4, -0.2) is 31.3 Å². The number of rotatable bonds is 4. The molecule has 1 aromatic carbocycles. The van der Waals surface area contributed by atoms with Crippen molar-refractivity contribution in [1.29, 1.82) is 0 Å². The molecule has 4 heteroatoms. The topological polar surface area (TPSA) is 49.8 Å². The van der Waals surface area contributed by atoms with E-state index in [0.29, 0.717) is 12.8 Å². The van der Waals surface area contributed by atoms with Gasteiger partial charge in [0.25, 0.3) is 0 Å². The number of carbonyl (C=O) groups is 1. The van der Waals surface area contributed by atoms with Gasteiger partial charge in [0, 0.05) is 13.1 Å². The van der Waals surface area contributed by atoms with E-state index in [-0.39, 0.29) is 12.0 Å². The van der Waals surface area contributed by atoms with Crippen LogP contribution in [-0.2, 0) is 4.79 Å². The summed E-state index contributed by atoms with van der Waals surface area (Å²) in [6.45, 7) is 4.14. The molecule has 0 aliphatic heterocycles. The Morgan fingerprint density at radius 2 is 1.89 bits per heavy atom. The van der Waals surface area contributed by atoms with Crippen molar-refractivity contribution in [2.75, 3.05) is 19.1 Å². The van der Waals surface area contributed by atoms with Gasteiger partial charge in [-0.1, -0.05) is 0 Å². The van der Waals surface area contributed by atoms with Gasteiger partial charge in [-0.3, -0.25) is 4.79 Å². The van der Waals surface area contributed by atoms with Crippen LogP contribution in [0.4, 0.5) is 5.69 Å². The smallest absolute Gasteiger partial charge is 0.306 e. The minimum Gasteiger partial charge on any atom is -0.495 e. The number of nitrogens with zero attached hydrogens (tertiary/aromatic N) is 1. The first kappa shape index (κ1) is 13.7. The molecule has 0 spiro atoms. The monoisotopic (exact) mass is 263 g/mol. The van der Waals surface area contributed by atoms with E-state index in [2.05, 4.69) is 24.8 Å². The number of aryl methyl sites for hydroxylation is 2. The Bertz CT molecular complexity index is 492. The van der Waals surface area contributed by atoms with Crippen molar-refractivity contribution in [3.8, 4) is 5.75 Å². The minimum atomic E-state index is -0.684. The molecule has 0 heterocycles. The van der Waals surface area contributed by atoms with Gasteiger partial charge in [0.15, 0.2) is 0 Å². The second kappa shape index (κ2) is 5.11. The average Bonchev–Trinajstić information content (AvgIpc) is 2.29. The lowest BCUT2D eigenvalue weighted by Gasteiger charge is -2.41. The number of aliphatic carboxylic acids is 1. The summed E-state index contributed by atoms with van der Waals surface area (Å²) in [5, 5.41) is 8.94. The van der Waals surface area contributed by atoms with Crippen LogP contribution in [0.1, 0.15) is 24.0 Å². The number of anilines is 1. The quantitative estimate of drug-likeness (QED) is 0.907. The van der Waals surface area contributed by atoms with Crippen LogP contribution >= 0.6 is 0 Å². The van der Waals surface area contributed by atoms with Crippen molar-refractivity contribution in [3.63, 3.8) is 0 Å². The Kier molecular flexibility index (Phi) is 3.69. The lowest BCUT2D eigenvalue weighted by atomic mass is 9.79. The normalized spacial score (nSPS) is 21.7. The summed E-state index contributed by atoms with van der Waals surface area (Å²) in [6, 6.07) is 4.44. The second-order valence-electron chi connectivity index (χ2n) is 5.38. The predicted molar refractivity (Wildman–Crippen MR) is 75.0 cm³/mol. The van der Waals surface area contributed by atoms with Gasteiger partial charge in [-0.2, -0.15) is 0 Å². The molecular formula is C15H21NO3. The molecule has 0 unspecified atom stereocenters. The highest BCUT2D eigenvalue weighted by atomic mass is 16.5. The van der Waals surface area contributed by atoms with Crippen molar-refractivity contribution < 1.29 is 14.6 Å². The van der Waals surface area contributed by atoms with Gasteiger partial charge in [0.2, 0.25) is 0 Å². The molecular weight excluding hydrogens is 242 g/mol. The zero-order chi connectivity index (χ0) is 14.2. The Morgan fingerprint density at radius 1 is 1.32 bits per heavy atom. The highest BCUT2D eigenvalue weighted by Crippen LogP contribution is 2.38. The number of carboxylic acids is 1. The predicted octanol–water partition coefficient (Wildman–Crippen LogP) is 2.61. The first-order valence-corrected chi connectivity index (χ1v) is 6.55. The average molecular weight is 263 g/mol. The molecule has 1 aromatic rings. The van der Waals surface area contributed by atoms with Gasteiger partial charge < -0.3 is 14.7 Å². The van der Waals surface area contributed by atoms with Gasteiger partial charge in [0.05, 0.1) is 18.7 Å². The highest BCUT2D eigenvalue weighted by molar-refractivity contribution is 5.72. The molecule has 104 valence electrons. The third-order valence-corrected chi connectivity index (χ3v) is 4.19. The van der Waals surface area contributed by atoms with Crippen LogP contribution < -0.4 is 9.64 Å². The highest BCUT2D eigenvalue weighted by Gasteiger charge is 2.37. The maximum atomic E-state index is 10.9. The van der Waals surface area contributed by atoms with E-state index in [1.54, 1.807) is 7.11 Å². The fourth-order valence-electron chi connectivity index (χ4n) is 2.52. The van der Waals surface area contributed by atoms with Gasteiger partial charge in [-0.25, -0.2) is 0 Å². The van der Waals surface area contributed by atoms with Crippen molar-refractivity contribution in [2.24, 2.45) is 5.92 Å². The summed E-state index contributed by atoms with van der Waals surface area (Å²) in [7, 11) is 3.68. The van der Waals surface area contributed by atoms with Crippen LogP contribution in [0.25, 0.3) is 0 Å². The molecule has 0 atom stereocenters. The van der Waals surface area contributed by atoms with E-state index in [9.17, 15) is 4.79 Å². The van der Waals surface area contributed by atoms with Crippen molar-refractivity contribution in [3.05, 3.63) is 23.3 Å². The van der Waals surface area contributed by atoms with E-state index >= 15 is 0 Å². The summed E-state index contributed by atoms with van der Waals surface area (Å²) in [6.07, 6.45) is 1.42. The van der Waals surface area contributed by atoms with E-state index < -0.39 is 5.97 Å². The van der Waals surface area contributed by atoms with E-state index in [1.165, 1.54) is 11.1 Å². The Balaban J connectivity index is 2.18. The standard InChI is InChI=1S/C15H21NO3/c1-9-5-13(14(19-4)6-10(9)2)16(3)12-7-11(8-12)15(17)18/h5-6,11-12H,7-8H2,1-4H3,(H,17,18). The Morgan fingerprint density at radius 3 is 2.42 bits per heavy atom. The summed E-state index contributed by atoms with van der Waals surface area (Å²) in [5.74, 6) is -0.0222. The molecule has 0 aromatic heterocycles. The number of hydrogen-bond donors (Lipinski definition) is 1. The number of methoxy groups -OCH3 is 1. The van der Waals surface area contributed by atoms with Crippen LogP contribution in [0, 0.1) is 19.8 Å². The maximum absolute atomic E-state index is 10.9. The molecule has 1 aliphatic rings. The molecule has 1 N–H and O–H groups in total. The van der Waals surface area contributed by atoms with Crippen LogP contribution in [0.5, 0.6) is 5.75 Å². The van der Waals surface area contributed by atoms with Crippen molar-refractivity contribution in [1.82, 2.24) is 0 Å². The lowest BCUT2D eigenvalue weighted by molar-refractivity contribution is -0.145. The van der Waals surface area contributed by atoms with Gasteiger partial charge in [-0.15, -0.1) is 0 Å². The summed E-state index contributed by atoms with van der Waals surface area (Å²) >= 11 is 0. The van der Waals surface area contributed by atoms with Crippen LogP contribution in [0.2, 0.25) is 0 Å². The number of benzene rings is 1. The second-order valence-corrected chi connectivity index (χ2v) is 5.38. The van der Waals surface area contributed by atoms with Crippen molar-refractivity contribution in [2.45, 2.75) is 32.7 Å². The van der Waals surface area contributed by atoms with E-state index in [4.69, 9.17) is 9.84 Å². The zero-order valence-electron chi connectivity index (χ0n) is 11.9. The Labute approximate surface area is 114 Å². The van der Waals surface area contributed by atoms with Crippen LogP contribution in [0.3, 0.4) is 0 Å². The largest absolute Gasteiger partial charge is 0.495 e. The molecule has 1 saturated carbocycles. The van der Waals surface area contributed by atoms with Crippen LogP contribution in [0.15, 0.2) is 12.1 Å². The minimum absolute atomic E-state index is 0.190. The molecule has 0 amide bonds. The molecule has 2 rings (SSSR count). The first-order chi connectivity index (χ1) is 8.93. The first-order valence-electron chi connectivity index (χ1n) is 6.55. The van der Waals surface area contributed by atoms with E-state index in [0.717, 1.165) is 11.4 Å². The molecule has 1 aliphatic carbocycles. The molecule has 0 radical (unpaired) electrons. The maximum Gasteiger partial charge on any atom is 0.306 e. The molecule has 0 bridgehead atoms. The van der Waals surface area contributed by atoms with Gasteiger partial charge in [0.1, 0.15) is 5.75 Å². The lowest BCUT2D eigenvalue weighted by Crippen LogP contribution is -2.45. The number of carboxylic acid groups (broad SMARTS) is 1. The summed E-state index contributed by atoms with van der Waals surface area (Å²) in [5.41, 5.74) is 3.46. The fraction of sp³-hybridized carbons (Fsp3) is 0.533. The molecule has 19 heavy (non-hydrogen) atoms. The molecule has 1 fully saturated rings. The summed E-state index contributed by atoms with van der Waals surface area (Å²) < 4.78 is 5.44. The zero-order valence-corrected chi connectivity index (χ0v) is 11.9. The van der Waals surface area contributed by atoms with Gasteiger partial charge in [-0.05, 0) is 49.9 Å². The van der Waals surface area contributed by atoms with Crippen molar-refractivity contribution >= 4 is 11.7 Å².